The Bertz CT molecular complexity index is 511. The number of alkyl halides is 1. The molecule has 0 aliphatic rings. The molecule has 2 aromatic rings. The minimum absolute atomic E-state index is 0.120. The van der Waals surface area contributed by atoms with Gasteiger partial charge in [0.25, 0.3) is 5.91 Å². The third-order valence-corrected chi connectivity index (χ3v) is 2.93. The second kappa shape index (κ2) is 6.31. The number of halogens is 1. The van der Waals surface area contributed by atoms with Crippen molar-refractivity contribution in [2.24, 2.45) is 0 Å². The van der Waals surface area contributed by atoms with E-state index < -0.39 is 0 Å². The van der Waals surface area contributed by atoms with Gasteiger partial charge in [-0.1, -0.05) is 28.1 Å². The summed E-state index contributed by atoms with van der Waals surface area (Å²) in [7, 11) is 0. The van der Waals surface area contributed by atoms with Crippen LogP contribution in [0.15, 0.2) is 48.8 Å². The summed E-state index contributed by atoms with van der Waals surface area (Å²) in [6, 6.07) is 11.2. The SMILES string of the molecule is O=C(Nc1ccc(CCBr)cc1)c1ccncc1. The Balaban J connectivity index is 2.03. The number of aryl methyl sites for hydroxylation is 1. The summed E-state index contributed by atoms with van der Waals surface area (Å²) in [6.45, 7) is 0. The highest BCUT2D eigenvalue weighted by molar-refractivity contribution is 9.09. The maximum atomic E-state index is 11.9. The number of benzene rings is 1. The Kier molecular flexibility index (Phi) is 4.47. The van der Waals surface area contributed by atoms with Crippen LogP contribution < -0.4 is 5.32 Å². The molecule has 1 heterocycles. The lowest BCUT2D eigenvalue weighted by atomic mass is 10.1. The number of carbonyl (C=O) groups is 1. The lowest BCUT2D eigenvalue weighted by molar-refractivity contribution is 0.102. The van der Waals surface area contributed by atoms with E-state index in [2.05, 4.69) is 26.2 Å². The molecule has 0 spiro atoms. The Labute approximate surface area is 114 Å². The van der Waals surface area contributed by atoms with Gasteiger partial charge in [0.1, 0.15) is 0 Å². The summed E-state index contributed by atoms with van der Waals surface area (Å²) in [4.78, 5) is 15.8. The van der Waals surface area contributed by atoms with Crippen molar-refractivity contribution in [1.29, 1.82) is 0 Å². The van der Waals surface area contributed by atoms with E-state index >= 15 is 0 Å². The van der Waals surface area contributed by atoms with Gasteiger partial charge in [0.2, 0.25) is 0 Å². The molecule has 0 fully saturated rings. The molecule has 4 heteroatoms. The Hall–Kier alpha value is -1.68. The summed E-state index contributed by atoms with van der Waals surface area (Å²) in [5, 5.41) is 3.79. The zero-order valence-electron chi connectivity index (χ0n) is 9.77. The number of carbonyl (C=O) groups excluding carboxylic acids is 1. The van der Waals surface area contributed by atoms with Crippen LogP contribution in [0, 0.1) is 0 Å². The molecule has 18 heavy (non-hydrogen) atoms. The van der Waals surface area contributed by atoms with Crippen LogP contribution in [0.3, 0.4) is 0 Å². The van der Waals surface area contributed by atoms with Crippen molar-refractivity contribution in [2.75, 3.05) is 10.6 Å². The van der Waals surface area contributed by atoms with Crippen LogP contribution in [0.2, 0.25) is 0 Å². The number of pyridine rings is 1. The smallest absolute Gasteiger partial charge is 0.255 e. The standard InChI is InChI=1S/C14H13BrN2O/c15-8-5-11-1-3-13(4-2-11)17-14(18)12-6-9-16-10-7-12/h1-4,6-7,9-10H,5,8H2,(H,17,18). The lowest BCUT2D eigenvalue weighted by Crippen LogP contribution is -2.11. The number of nitrogens with zero attached hydrogens (tertiary/aromatic N) is 1. The normalized spacial score (nSPS) is 10.1. The first kappa shape index (κ1) is 12.8. The molecule has 0 aliphatic carbocycles. The zero-order valence-corrected chi connectivity index (χ0v) is 11.4. The fraction of sp³-hybridized carbons (Fsp3) is 0.143. The Morgan fingerprint density at radius 2 is 1.78 bits per heavy atom. The molecule has 0 aliphatic heterocycles. The van der Waals surface area contributed by atoms with Crippen molar-refractivity contribution in [3.63, 3.8) is 0 Å². The van der Waals surface area contributed by atoms with Crippen molar-refractivity contribution >= 4 is 27.5 Å². The first-order chi connectivity index (χ1) is 8.79. The third kappa shape index (κ3) is 3.40. The van der Waals surface area contributed by atoms with Gasteiger partial charge in [-0.05, 0) is 36.2 Å². The minimum atomic E-state index is -0.120. The van der Waals surface area contributed by atoms with E-state index in [0.29, 0.717) is 5.56 Å². The molecule has 0 bridgehead atoms. The van der Waals surface area contributed by atoms with Crippen LogP contribution in [0.1, 0.15) is 15.9 Å². The predicted molar refractivity (Wildman–Crippen MR) is 76.1 cm³/mol. The molecular formula is C14H13BrN2O. The van der Waals surface area contributed by atoms with E-state index in [4.69, 9.17) is 0 Å². The summed E-state index contributed by atoms with van der Waals surface area (Å²) in [6.07, 6.45) is 4.20. The molecule has 1 amide bonds. The summed E-state index contributed by atoms with van der Waals surface area (Å²) in [5.41, 5.74) is 2.65. The number of nitrogens with one attached hydrogen (secondary N) is 1. The van der Waals surface area contributed by atoms with Crippen molar-refractivity contribution in [2.45, 2.75) is 6.42 Å². The molecule has 92 valence electrons. The van der Waals surface area contributed by atoms with Crippen molar-refractivity contribution < 1.29 is 4.79 Å². The molecule has 0 saturated carbocycles. The van der Waals surface area contributed by atoms with Gasteiger partial charge in [-0.2, -0.15) is 0 Å². The van der Waals surface area contributed by atoms with Crippen molar-refractivity contribution in [3.05, 3.63) is 59.9 Å². The molecular weight excluding hydrogens is 292 g/mol. The number of rotatable bonds is 4. The highest BCUT2D eigenvalue weighted by atomic mass is 79.9. The van der Waals surface area contributed by atoms with Crippen LogP contribution in [0.4, 0.5) is 5.69 Å². The fourth-order valence-corrected chi connectivity index (χ4v) is 2.03. The number of amides is 1. The van der Waals surface area contributed by atoms with Gasteiger partial charge in [-0.3, -0.25) is 9.78 Å². The third-order valence-electron chi connectivity index (χ3n) is 2.54. The molecule has 1 N–H and O–H groups in total. The maximum absolute atomic E-state index is 11.9. The van der Waals surface area contributed by atoms with Crippen molar-refractivity contribution in [1.82, 2.24) is 4.98 Å². The second-order valence-electron chi connectivity index (χ2n) is 3.83. The van der Waals surface area contributed by atoms with Crippen LogP contribution in [0.5, 0.6) is 0 Å². The van der Waals surface area contributed by atoms with E-state index in [0.717, 1.165) is 17.4 Å². The molecule has 3 nitrogen and oxygen atoms in total. The van der Waals surface area contributed by atoms with E-state index in [1.165, 1.54) is 5.56 Å². The highest BCUT2D eigenvalue weighted by Crippen LogP contribution is 2.12. The maximum Gasteiger partial charge on any atom is 0.255 e. The number of anilines is 1. The number of aromatic nitrogens is 1. The molecule has 0 radical (unpaired) electrons. The van der Waals surface area contributed by atoms with Crippen LogP contribution in [-0.2, 0) is 6.42 Å². The fourth-order valence-electron chi connectivity index (χ4n) is 1.57. The number of hydrogen-bond donors (Lipinski definition) is 1. The van der Waals surface area contributed by atoms with E-state index in [-0.39, 0.29) is 5.91 Å². The zero-order chi connectivity index (χ0) is 12.8. The van der Waals surface area contributed by atoms with Crippen LogP contribution in [0.25, 0.3) is 0 Å². The molecule has 0 atom stereocenters. The molecule has 2 rings (SSSR count). The predicted octanol–water partition coefficient (Wildman–Crippen LogP) is 3.27. The van der Waals surface area contributed by atoms with Gasteiger partial charge in [0, 0.05) is 29.0 Å². The van der Waals surface area contributed by atoms with Gasteiger partial charge < -0.3 is 5.32 Å². The van der Waals surface area contributed by atoms with E-state index in [1.54, 1.807) is 24.5 Å². The average molecular weight is 305 g/mol. The average Bonchev–Trinajstić information content (AvgIpc) is 2.42. The van der Waals surface area contributed by atoms with Gasteiger partial charge in [-0.25, -0.2) is 0 Å². The van der Waals surface area contributed by atoms with Gasteiger partial charge in [0.15, 0.2) is 0 Å². The van der Waals surface area contributed by atoms with E-state index in [9.17, 15) is 4.79 Å². The van der Waals surface area contributed by atoms with Gasteiger partial charge in [-0.15, -0.1) is 0 Å². The first-order valence-electron chi connectivity index (χ1n) is 5.66. The monoisotopic (exact) mass is 304 g/mol. The Morgan fingerprint density at radius 3 is 2.39 bits per heavy atom. The summed E-state index contributed by atoms with van der Waals surface area (Å²) in [5.74, 6) is -0.120. The van der Waals surface area contributed by atoms with Crippen LogP contribution in [-0.4, -0.2) is 16.2 Å². The second-order valence-corrected chi connectivity index (χ2v) is 4.62. The van der Waals surface area contributed by atoms with Crippen LogP contribution >= 0.6 is 15.9 Å². The quantitative estimate of drug-likeness (QED) is 0.881. The minimum Gasteiger partial charge on any atom is -0.322 e. The van der Waals surface area contributed by atoms with E-state index in [1.807, 2.05) is 24.3 Å². The first-order valence-corrected chi connectivity index (χ1v) is 6.78. The lowest BCUT2D eigenvalue weighted by Gasteiger charge is -2.06. The Morgan fingerprint density at radius 1 is 1.11 bits per heavy atom. The highest BCUT2D eigenvalue weighted by Gasteiger charge is 2.04. The number of hydrogen-bond acceptors (Lipinski definition) is 2. The molecule has 1 aromatic heterocycles. The summed E-state index contributed by atoms with van der Waals surface area (Å²) < 4.78 is 0. The van der Waals surface area contributed by atoms with Gasteiger partial charge >= 0.3 is 0 Å². The molecule has 1 aromatic carbocycles. The summed E-state index contributed by atoms with van der Waals surface area (Å²) >= 11 is 3.40. The molecule has 0 unspecified atom stereocenters. The largest absolute Gasteiger partial charge is 0.322 e. The van der Waals surface area contributed by atoms with Gasteiger partial charge in [0.05, 0.1) is 0 Å². The molecule has 0 saturated heterocycles. The van der Waals surface area contributed by atoms with Crippen molar-refractivity contribution in [3.8, 4) is 0 Å². The topological polar surface area (TPSA) is 42.0 Å².